The highest BCUT2D eigenvalue weighted by molar-refractivity contribution is 5.78. The molecule has 4 nitrogen and oxygen atoms in total. The third-order valence-corrected chi connectivity index (χ3v) is 2.32. The van der Waals surface area contributed by atoms with Crippen LogP contribution in [0.3, 0.4) is 0 Å². The van der Waals surface area contributed by atoms with Crippen LogP contribution in [0.4, 0.5) is 0 Å². The minimum absolute atomic E-state index is 0.0487. The summed E-state index contributed by atoms with van der Waals surface area (Å²) in [5.74, 6) is 0.0487. The number of nitrogens with zero attached hydrogens (tertiary/aromatic N) is 1. The summed E-state index contributed by atoms with van der Waals surface area (Å²) in [7, 11) is 0. The van der Waals surface area contributed by atoms with Crippen molar-refractivity contribution in [1.82, 2.24) is 10.2 Å². The van der Waals surface area contributed by atoms with Gasteiger partial charge in [0, 0.05) is 19.6 Å². The van der Waals surface area contributed by atoms with Crippen molar-refractivity contribution >= 4 is 5.91 Å². The van der Waals surface area contributed by atoms with E-state index in [1.807, 2.05) is 13.8 Å². The number of carbonyl (C=O) groups is 1. The molecule has 1 saturated heterocycles. The van der Waals surface area contributed by atoms with E-state index in [1.54, 1.807) is 6.08 Å². The molecule has 1 heterocycles. The van der Waals surface area contributed by atoms with E-state index in [0.717, 1.165) is 13.1 Å². The van der Waals surface area contributed by atoms with Crippen LogP contribution < -0.4 is 5.32 Å². The Labute approximate surface area is 91.3 Å². The lowest BCUT2D eigenvalue weighted by molar-refractivity contribution is -0.127. The molecule has 0 aromatic heterocycles. The summed E-state index contributed by atoms with van der Waals surface area (Å²) < 4.78 is 5.57. The maximum Gasteiger partial charge on any atom is 0.234 e. The number of hydrogen-bond acceptors (Lipinski definition) is 3. The molecule has 0 radical (unpaired) electrons. The minimum Gasteiger partial charge on any atom is -0.373 e. The molecule has 0 aromatic carbocycles. The first-order valence-electron chi connectivity index (χ1n) is 5.27. The van der Waals surface area contributed by atoms with E-state index in [1.165, 1.54) is 0 Å². The van der Waals surface area contributed by atoms with Crippen molar-refractivity contribution in [3.8, 4) is 0 Å². The first-order valence-corrected chi connectivity index (χ1v) is 5.27. The topological polar surface area (TPSA) is 41.6 Å². The van der Waals surface area contributed by atoms with E-state index in [-0.39, 0.29) is 11.5 Å². The van der Waals surface area contributed by atoms with E-state index < -0.39 is 0 Å². The first kappa shape index (κ1) is 12.2. The van der Waals surface area contributed by atoms with Crippen LogP contribution in [0.5, 0.6) is 0 Å². The van der Waals surface area contributed by atoms with Gasteiger partial charge in [0.1, 0.15) is 0 Å². The predicted octanol–water partition coefficient (Wildman–Crippen LogP) is 0.399. The number of ether oxygens (including phenoxy) is 1. The average Bonchev–Trinajstić information content (AvgIpc) is 2.13. The van der Waals surface area contributed by atoms with Gasteiger partial charge < -0.3 is 10.1 Å². The summed E-state index contributed by atoms with van der Waals surface area (Å²) in [6, 6.07) is 0. The van der Waals surface area contributed by atoms with Gasteiger partial charge in [-0.05, 0) is 13.8 Å². The number of rotatable bonds is 4. The summed E-state index contributed by atoms with van der Waals surface area (Å²) in [6.45, 7) is 10.9. The normalized spacial score (nSPS) is 20.9. The minimum atomic E-state index is -0.142. The molecule has 0 atom stereocenters. The van der Waals surface area contributed by atoms with Gasteiger partial charge in [-0.15, -0.1) is 6.58 Å². The fraction of sp³-hybridized carbons (Fsp3) is 0.727. The molecule has 1 aliphatic heterocycles. The molecule has 86 valence electrons. The third kappa shape index (κ3) is 4.44. The van der Waals surface area contributed by atoms with Crippen molar-refractivity contribution in [2.75, 3.05) is 32.8 Å². The van der Waals surface area contributed by atoms with E-state index in [9.17, 15) is 4.79 Å². The molecular formula is C11H20N2O2. The van der Waals surface area contributed by atoms with Crippen molar-refractivity contribution in [2.24, 2.45) is 0 Å². The Kier molecular flexibility index (Phi) is 4.29. The molecule has 4 heteroatoms. The van der Waals surface area contributed by atoms with Crippen LogP contribution in [-0.2, 0) is 9.53 Å². The largest absolute Gasteiger partial charge is 0.373 e. The Morgan fingerprint density at radius 2 is 2.40 bits per heavy atom. The fourth-order valence-corrected chi connectivity index (χ4v) is 1.69. The Morgan fingerprint density at radius 3 is 3.00 bits per heavy atom. The highest BCUT2D eigenvalue weighted by Crippen LogP contribution is 2.15. The Bertz CT molecular complexity index is 239. The third-order valence-electron chi connectivity index (χ3n) is 2.32. The van der Waals surface area contributed by atoms with E-state index >= 15 is 0 Å². The van der Waals surface area contributed by atoms with E-state index in [0.29, 0.717) is 19.7 Å². The monoisotopic (exact) mass is 212 g/mol. The maximum atomic E-state index is 11.4. The van der Waals surface area contributed by atoms with Crippen LogP contribution >= 0.6 is 0 Å². The molecule has 0 aliphatic carbocycles. The van der Waals surface area contributed by atoms with Gasteiger partial charge >= 0.3 is 0 Å². The van der Waals surface area contributed by atoms with Crippen LogP contribution in [0.25, 0.3) is 0 Å². The zero-order valence-corrected chi connectivity index (χ0v) is 9.58. The quantitative estimate of drug-likeness (QED) is 0.686. The SMILES string of the molecule is C=CCNC(=O)CN1CCOC(C)(C)C1. The summed E-state index contributed by atoms with van der Waals surface area (Å²) in [5.41, 5.74) is -0.142. The number of morpholine rings is 1. The van der Waals surface area contributed by atoms with Crippen LogP contribution in [-0.4, -0.2) is 49.2 Å². The molecule has 1 N–H and O–H groups in total. The number of hydrogen-bond donors (Lipinski definition) is 1. The first-order chi connectivity index (χ1) is 7.03. The molecule has 0 unspecified atom stereocenters. The van der Waals surface area contributed by atoms with Crippen LogP contribution in [0.15, 0.2) is 12.7 Å². The second-order valence-corrected chi connectivity index (χ2v) is 4.41. The number of carbonyl (C=O) groups excluding carboxylic acids is 1. The van der Waals surface area contributed by atoms with Crippen LogP contribution in [0, 0.1) is 0 Å². The van der Waals surface area contributed by atoms with Gasteiger partial charge in [0.2, 0.25) is 5.91 Å². The lowest BCUT2D eigenvalue weighted by atomic mass is 10.1. The Morgan fingerprint density at radius 1 is 1.67 bits per heavy atom. The fourth-order valence-electron chi connectivity index (χ4n) is 1.69. The molecule has 0 saturated carbocycles. The second-order valence-electron chi connectivity index (χ2n) is 4.41. The number of amides is 1. The van der Waals surface area contributed by atoms with Crippen molar-refractivity contribution < 1.29 is 9.53 Å². The molecule has 1 fully saturated rings. The highest BCUT2D eigenvalue weighted by Gasteiger charge is 2.27. The van der Waals surface area contributed by atoms with Crippen molar-refractivity contribution in [2.45, 2.75) is 19.4 Å². The summed E-state index contributed by atoms with van der Waals surface area (Å²) >= 11 is 0. The average molecular weight is 212 g/mol. The van der Waals surface area contributed by atoms with Gasteiger partial charge in [-0.2, -0.15) is 0 Å². The molecule has 1 rings (SSSR count). The molecule has 0 spiro atoms. The van der Waals surface area contributed by atoms with Gasteiger partial charge in [0.15, 0.2) is 0 Å². The van der Waals surface area contributed by atoms with Gasteiger partial charge in [-0.25, -0.2) is 0 Å². The molecule has 0 bridgehead atoms. The van der Waals surface area contributed by atoms with Gasteiger partial charge in [-0.1, -0.05) is 6.08 Å². The summed E-state index contributed by atoms with van der Waals surface area (Å²) in [5, 5.41) is 2.77. The van der Waals surface area contributed by atoms with Crippen LogP contribution in [0.2, 0.25) is 0 Å². The van der Waals surface area contributed by atoms with Crippen molar-refractivity contribution in [1.29, 1.82) is 0 Å². The van der Waals surface area contributed by atoms with Gasteiger partial charge in [0.05, 0.1) is 18.8 Å². The van der Waals surface area contributed by atoms with Gasteiger partial charge in [0.25, 0.3) is 0 Å². The highest BCUT2D eigenvalue weighted by atomic mass is 16.5. The zero-order valence-electron chi connectivity index (χ0n) is 9.58. The summed E-state index contributed by atoms with van der Waals surface area (Å²) in [4.78, 5) is 13.6. The molecule has 1 aliphatic rings. The molecular weight excluding hydrogens is 192 g/mol. The summed E-state index contributed by atoms with van der Waals surface area (Å²) in [6.07, 6.45) is 1.68. The standard InChI is InChI=1S/C11H20N2O2/c1-4-5-12-10(14)8-13-6-7-15-11(2,3)9-13/h4H,1,5-9H2,2-3H3,(H,12,14). The second kappa shape index (κ2) is 5.28. The van der Waals surface area contributed by atoms with Crippen molar-refractivity contribution in [3.05, 3.63) is 12.7 Å². The maximum absolute atomic E-state index is 11.4. The lowest BCUT2D eigenvalue weighted by Crippen LogP contribution is -2.51. The van der Waals surface area contributed by atoms with Crippen LogP contribution in [0.1, 0.15) is 13.8 Å². The number of nitrogens with one attached hydrogen (secondary N) is 1. The van der Waals surface area contributed by atoms with E-state index in [4.69, 9.17) is 4.74 Å². The zero-order chi connectivity index (χ0) is 11.3. The predicted molar refractivity (Wildman–Crippen MR) is 59.7 cm³/mol. The Hall–Kier alpha value is -0.870. The molecule has 0 aromatic rings. The lowest BCUT2D eigenvalue weighted by Gasteiger charge is -2.37. The smallest absolute Gasteiger partial charge is 0.234 e. The molecule has 15 heavy (non-hydrogen) atoms. The van der Waals surface area contributed by atoms with Gasteiger partial charge in [-0.3, -0.25) is 9.69 Å². The van der Waals surface area contributed by atoms with E-state index in [2.05, 4.69) is 16.8 Å². The Balaban J connectivity index is 2.31. The molecule has 1 amide bonds. The van der Waals surface area contributed by atoms with Crippen molar-refractivity contribution in [3.63, 3.8) is 0 Å².